The summed E-state index contributed by atoms with van der Waals surface area (Å²) in [6, 6.07) is 7.02. The van der Waals surface area contributed by atoms with E-state index in [0.29, 0.717) is 39.0 Å². The Kier molecular flexibility index (Phi) is 5.78. The van der Waals surface area contributed by atoms with Crippen LogP contribution in [0.1, 0.15) is 12.8 Å². The number of nitrogens with zero attached hydrogens (tertiary/aromatic N) is 6. The largest absolute Gasteiger partial charge is 0.344 e. The van der Waals surface area contributed by atoms with Crippen LogP contribution in [0, 0.1) is 5.92 Å². The Labute approximate surface area is 190 Å². The molecule has 9 nitrogen and oxygen atoms in total. The van der Waals surface area contributed by atoms with Crippen LogP contribution in [0.15, 0.2) is 47.8 Å². The first-order valence-corrected chi connectivity index (χ1v) is 12.9. The van der Waals surface area contributed by atoms with E-state index in [2.05, 4.69) is 19.9 Å². The zero-order chi connectivity index (χ0) is 22.1. The van der Waals surface area contributed by atoms with Crippen molar-refractivity contribution in [2.75, 3.05) is 44.2 Å². The molecule has 0 N–H and O–H groups in total. The van der Waals surface area contributed by atoms with Gasteiger partial charge in [0, 0.05) is 63.8 Å². The van der Waals surface area contributed by atoms with Crippen molar-refractivity contribution in [2.45, 2.75) is 17.7 Å². The molecule has 0 atom stereocenters. The highest BCUT2D eigenvalue weighted by Gasteiger charge is 2.35. The molecular weight excluding hydrogens is 448 g/mol. The standard InChI is InChI=1S/C21H24N6O3S2/c28-20(16-5-9-27(10-6-16)32(29,30)17-3-1-7-22-15-17)25-11-13-26(14-12-25)21-24-18-4-2-8-23-19(18)31-21/h1-4,7-8,15-16H,5-6,9-14H2. The molecule has 0 radical (unpaired) electrons. The molecule has 0 aliphatic carbocycles. The van der Waals surface area contributed by atoms with Crippen LogP contribution in [-0.4, -0.2) is 77.8 Å². The summed E-state index contributed by atoms with van der Waals surface area (Å²) >= 11 is 1.58. The summed E-state index contributed by atoms with van der Waals surface area (Å²) < 4.78 is 27.0. The van der Waals surface area contributed by atoms with E-state index in [-0.39, 0.29) is 16.7 Å². The maximum absolute atomic E-state index is 13.1. The van der Waals surface area contributed by atoms with Gasteiger partial charge in [-0.2, -0.15) is 4.31 Å². The summed E-state index contributed by atoms with van der Waals surface area (Å²) in [6.07, 6.45) is 5.78. The Hall–Kier alpha value is -2.63. The molecule has 0 saturated carbocycles. The van der Waals surface area contributed by atoms with Crippen LogP contribution < -0.4 is 4.90 Å². The van der Waals surface area contributed by atoms with Gasteiger partial charge < -0.3 is 9.80 Å². The SMILES string of the molecule is O=C(C1CCN(S(=O)(=O)c2cccnc2)CC1)N1CCN(c2nc3cccnc3s2)CC1. The van der Waals surface area contributed by atoms with Crippen LogP contribution in [0.25, 0.3) is 10.3 Å². The number of piperidine rings is 1. The molecule has 0 unspecified atom stereocenters. The lowest BCUT2D eigenvalue weighted by atomic mass is 9.96. The summed E-state index contributed by atoms with van der Waals surface area (Å²) in [5.74, 6) is 0.00240. The first-order chi connectivity index (χ1) is 15.5. The Morgan fingerprint density at radius 2 is 1.75 bits per heavy atom. The van der Waals surface area contributed by atoms with E-state index in [1.165, 1.54) is 10.5 Å². The third-order valence-electron chi connectivity index (χ3n) is 6.09. The average molecular weight is 473 g/mol. The quantitative estimate of drug-likeness (QED) is 0.571. The number of fused-ring (bicyclic) bond motifs is 1. The second-order valence-electron chi connectivity index (χ2n) is 8.00. The van der Waals surface area contributed by atoms with E-state index < -0.39 is 10.0 Å². The molecule has 0 bridgehead atoms. The number of carbonyl (C=O) groups excluding carboxylic acids is 1. The number of carbonyl (C=O) groups is 1. The fraction of sp³-hybridized carbons (Fsp3) is 0.429. The smallest absolute Gasteiger partial charge is 0.244 e. The van der Waals surface area contributed by atoms with Gasteiger partial charge in [0.25, 0.3) is 0 Å². The molecule has 0 spiro atoms. The molecule has 5 heterocycles. The third kappa shape index (κ3) is 4.07. The van der Waals surface area contributed by atoms with Crippen LogP contribution in [0.3, 0.4) is 0 Å². The predicted molar refractivity (Wildman–Crippen MR) is 122 cm³/mol. The van der Waals surface area contributed by atoms with Crippen molar-refractivity contribution in [2.24, 2.45) is 5.92 Å². The third-order valence-corrected chi connectivity index (χ3v) is 9.01. The predicted octanol–water partition coefficient (Wildman–Crippen LogP) is 1.84. The lowest BCUT2D eigenvalue weighted by molar-refractivity contribution is -0.137. The van der Waals surface area contributed by atoms with Gasteiger partial charge in [0.05, 0.1) is 0 Å². The molecule has 0 aromatic carbocycles. The van der Waals surface area contributed by atoms with Gasteiger partial charge in [0.2, 0.25) is 15.9 Å². The number of pyridine rings is 2. The van der Waals surface area contributed by atoms with E-state index >= 15 is 0 Å². The van der Waals surface area contributed by atoms with Gasteiger partial charge in [-0.05, 0) is 37.1 Å². The summed E-state index contributed by atoms with van der Waals surface area (Å²) in [6.45, 7) is 3.48. The maximum atomic E-state index is 13.1. The van der Waals surface area contributed by atoms with Gasteiger partial charge in [0.15, 0.2) is 5.13 Å². The number of hydrogen-bond acceptors (Lipinski definition) is 8. The highest BCUT2D eigenvalue weighted by Crippen LogP contribution is 2.29. The Balaban J connectivity index is 1.16. The number of thiazole rings is 1. The van der Waals surface area contributed by atoms with Crippen LogP contribution in [0.4, 0.5) is 5.13 Å². The Morgan fingerprint density at radius 1 is 1.00 bits per heavy atom. The van der Waals surface area contributed by atoms with Crippen LogP contribution in [-0.2, 0) is 14.8 Å². The van der Waals surface area contributed by atoms with Crippen molar-refractivity contribution in [1.82, 2.24) is 24.2 Å². The minimum atomic E-state index is -3.56. The number of piperazine rings is 1. The van der Waals surface area contributed by atoms with Gasteiger partial charge in [-0.1, -0.05) is 11.3 Å². The van der Waals surface area contributed by atoms with Crippen molar-refractivity contribution in [3.63, 3.8) is 0 Å². The van der Waals surface area contributed by atoms with E-state index in [1.54, 1.807) is 35.9 Å². The fourth-order valence-electron chi connectivity index (χ4n) is 4.26. The summed E-state index contributed by atoms with van der Waals surface area (Å²) in [5, 5.41) is 0.944. The second kappa shape index (κ2) is 8.72. The zero-order valence-corrected chi connectivity index (χ0v) is 19.1. The molecule has 1 amide bonds. The number of aromatic nitrogens is 3. The molecule has 2 aliphatic rings. The molecule has 2 fully saturated rings. The van der Waals surface area contributed by atoms with E-state index in [9.17, 15) is 13.2 Å². The van der Waals surface area contributed by atoms with E-state index in [1.807, 2.05) is 17.0 Å². The average Bonchev–Trinajstić information content (AvgIpc) is 3.29. The van der Waals surface area contributed by atoms with Crippen molar-refractivity contribution in [3.05, 3.63) is 42.9 Å². The van der Waals surface area contributed by atoms with Gasteiger partial charge in [-0.15, -0.1) is 0 Å². The molecule has 5 rings (SSSR count). The second-order valence-corrected chi connectivity index (χ2v) is 10.9. The zero-order valence-electron chi connectivity index (χ0n) is 17.5. The minimum absolute atomic E-state index is 0.131. The minimum Gasteiger partial charge on any atom is -0.344 e. The molecule has 2 saturated heterocycles. The van der Waals surface area contributed by atoms with Gasteiger partial charge in [-0.25, -0.2) is 18.4 Å². The first-order valence-electron chi connectivity index (χ1n) is 10.7. The molecule has 11 heteroatoms. The number of hydrogen-bond donors (Lipinski definition) is 0. The van der Waals surface area contributed by atoms with Crippen LogP contribution in [0.2, 0.25) is 0 Å². The molecule has 168 valence electrons. The van der Waals surface area contributed by atoms with Crippen molar-refractivity contribution >= 4 is 42.7 Å². The highest BCUT2D eigenvalue weighted by atomic mass is 32.2. The fourth-order valence-corrected chi connectivity index (χ4v) is 6.66. The number of rotatable bonds is 4. The molecule has 3 aromatic rings. The lowest BCUT2D eigenvalue weighted by Gasteiger charge is -2.38. The summed E-state index contributed by atoms with van der Waals surface area (Å²) in [4.78, 5) is 31.3. The van der Waals surface area contributed by atoms with Gasteiger partial charge in [-0.3, -0.25) is 9.78 Å². The monoisotopic (exact) mass is 472 g/mol. The molecular formula is C21H24N6O3S2. The van der Waals surface area contributed by atoms with Gasteiger partial charge in [0.1, 0.15) is 15.2 Å². The summed E-state index contributed by atoms with van der Waals surface area (Å²) in [5.41, 5.74) is 0.902. The van der Waals surface area contributed by atoms with E-state index in [0.717, 1.165) is 28.6 Å². The number of anilines is 1. The molecule has 2 aliphatic heterocycles. The maximum Gasteiger partial charge on any atom is 0.244 e. The normalized spacial score (nSPS) is 18.9. The number of amides is 1. The van der Waals surface area contributed by atoms with Crippen LogP contribution >= 0.6 is 11.3 Å². The Bertz CT molecular complexity index is 1170. The topological polar surface area (TPSA) is 99.6 Å². The summed E-state index contributed by atoms with van der Waals surface area (Å²) in [7, 11) is -3.56. The first kappa shape index (κ1) is 21.2. The van der Waals surface area contributed by atoms with Crippen molar-refractivity contribution < 1.29 is 13.2 Å². The molecule has 3 aromatic heterocycles. The van der Waals surface area contributed by atoms with Gasteiger partial charge >= 0.3 is 0 Å². The highest BCUT2D eigenvalue weighted by molar-refractivity contribution is 7.89. The lowest BCUT2D eigenvalue weighted by Crippen LogP contribution is -2.52. The van der Waals surface area contributed by atoms with Crippen LogP contribution in [0.5, 0.6) is 0 Å². The molecule has 32 heavy (non-hydrogen) atoms. The van der Waals surface area contributed by atoms with Crippen molar-refractivity contribution in [3.8, 4) is 0 Å². The van der Waals surface area contributed by atoms with E-state index in [4.69, 9.17) is 0 Å². The Morgan fingerprint density at radius 3 is 2.44 bits per heavy atom. The van der Waals surface area contributed by atoms with Crippen molar-refractivity contribution in [1.29, 1.82) is 0 Å². The number of sulfonamides is 1.